The highest BCUT2D eigenvalue weighted by Gasteiger charge is 2.18. The average Bonchev–Trinajstić information content (AvgIpc) is 3.03. The molecule has 0 spiro atoms. The molecule has 1 nitrogen and oxygen atoms in total. The largest absolute Gasteiger partial charge is 0.288 e. The lowest BCUT2D eigenvalue weighted by Crippen LogP contribution is -2.31. The summed E-state index contributed by atoms with van der Waals surface area (Å²) in [5.41, 5.74) is 2.78. The van der Waals surface area contributed by atoms with Crippen molar-refractivity contribution in [3.63, 3.8) is 0 Å². The molecule has 0 amide bonds. The quantitative estimate of drug-likeness (QED) is 0.722. The lowest BCUT2D eigenvalue weighted by molar-refractivity contribution is 0.209. The van der Waals surface area contributed by atoms with Crippen LogP contribution in [0.5, 0.6) is 0 Å². The molecular formula is C19H21N. The van der Waals surface area contributed by atoms with Crippen molar-refractivity contribution in [1.82, 2.24) is 4.90 Å². The monoisotopic (exact) mass is 263 g/mol. The van der Waals surface area contributed by atoms with Gasteiger partial charge in [-0.1, -0.05) is 72.8 Å². The van der Waals surface area contributed by atoms with E-state index >= 15 is 0 Å². The average molecular weight is 263 g/mol. The normalized spacial score (nSPS) is 17.8. The van der Waals surface area contributed by atoms with E-state index in [4.69, 9.17) is 0 Å². The summed E-state index contributed by atoms with van der Waals surface area (Å²) >= 11 is 0. The summed E-state index contributed by atoms with van der Waals surface area (Å²) in [6.45, 7) is 2.04. The molecular weight excluding hydrogens is 242 g/mol. The van der Waals surface area contributed by atoms with Crippen LogP contribution in [-0.4, -0.2) is 10.9 Å². The molecule has 2 aromatic carbocycles. The highest BCUT2D eigenvalue weighted by atomic mass is 15.1. The van der Waals surface area contributed by atoms with Crippen LogP contribution in [0.2, 0.25) is 0 Å². The zero-order valence-corrected chi connectivity index (χ0v) is 11.8. The van der Waals surface area contributed by atoms with Crippen molar-refractivity contribution < 1.29 is 0 Å². The van der Waals surface area contributed by atoms with Crippen molar-refractivity contribution in [2.75, 3.05) is 0 Å². The molecule has 3 rings (SSSR count). The molecule has 1 aliphatic rings. The van der Waals surface area contributed by atoms with E-state index in [-0.39, 0.29) is 0 Å². The topological polar surface area (TPSA) is 3.24 Å². The second kappa shape index (κ2) is 6.53. The first-order valence-corrected chi connectivity index (χ1v) is 7.40. The molecule has 2 aromatic rings. The molecule has 0 radical (unpaired) electrons. The van der Waals surface area contributed by atoms with Gasteiger partial charge >= 0.3 is 0 Å². The first kappa shape index (κ1) is 13.1. The smallest absolute Gasteiger partial charge is 0.0288 e. The van der Waals surface area contributed by atoms with Gasteiger partial charge in [0.25, 0.3) is 0 Å². The summed E-state index contributed by atoms with van der Waals surface area (Å²) in [6, 6.07) is 22.1. The van der Waals surface area contributed by atoms with Gasteiger partial charge in [0.15, 0.2) is 0 Å². The summed E-state index contributed by atoms with van der Waals surface area (Å²) in [5.74, 6) is 0. The van der Waals surface area contributed by atoms with Crippen molar-refractivity contribution in [2.24, 2.45) is 0 Å². The van der Waals surface area contributed by atoms with Gasteiger partial charge in [-0.05, 0) is 24.0 Å². The highest BCUT2D eigenvalue weighted by molar-refractivity contribution is 5.18. The van der Waals surface area contributed by atoms with Gasteiger partial charge in [-0.3, -0.25) is 4.90 Å². The minimum absolute atomic E-state index is 0.579. The molecule has 0 aromatic heterocycles. The summed E-state index contributed by atoms with van der Waals surface area (Å²) in [6.07, 6.45) is 7.14. The van der Waals surface area contributed by atoms with E-state index < -0.39 is 0 Å². The first-order valence-electron chi connectivity index (χ1n) is 7.40. The molecule has 0 saturated heterocycles. The molecule has 102 valence electrons. The minimum atomic E-state index is 0.579. The number of hydrogen-bond donors (Lipinski definition) is 0. The van der Waals surface area contributed by atoms with Crippen molar-refractivity contribution in [1.29, 1.82) is 0 Å². The Balaban J connectivity index is 1.75. The molecule has 0 N–H and O–H groups in total. The number of allylic oxidation sites excluding steroid dienone is 1. The molecule has 0 heterocycles. The Morgan fingerprint density at radius 1 is 0.800 bits per heavy atom. The molecule has 1 heteroatoms. The predicted octanol–water partition coefficient (Wildman–Crippen LogP) is 4.41. The van der Waals surface area contributed by atoms with Crippen LogP contribution in [-0.2, 0) is 13.1 Å². The molecule has 1 unspecified atom stereocenters. The number of benzene rings is 2. The Morgan fingerprint density at radius 2 is 1.35 bits per heavy atom. The van der Waals surface area contributed by atoms with E-state index in [1.807, 2.05) is 0 Å². The Labute approximate surface area is 121 Å². The maximum atomic E-state index is 2.58. The van der Waals surface area contributed by atoms with Crippen LogP contribution in [0.4, 0.5) is 0 Å². The fourth-order valence-corrected chi connectivity index (χ4v) is 2.85. The zero-order valence-electron chi connectivity index (χ0n) is 11.8. The van der Waals surface area contributed by atoms with Gasteiger partial charge in [0, 0.05) is 19.1 Å². The van der Waals surface area contributed by atoms with Crippen LogP contribution in [0, 0.1) is 0 Å². The van der Waals surface area contributed by atoms with E-state index in [0.717, 1.165) is 13.1 Å². The first-order chi connectivity index (χ1) is 9.92. The van der Waals surface area contributed by atoms with Crippen molar-refractivity contribution in [3.8, 4) is 0 Å². The fraction of sp³-hybridized carbons (Fsp3) is 0.263. The number of nitrogens with zero attached hydrogens (tertiary/aromatic N) is 1. The minimum Gasteiger partial charge on any atom is -0.288 e. The standard InChI is InChI=1S/C19H21N/c1-3-9-17(10-4-1)15-20(19-13-7-8-14-19)16-18-11-5-2-6-12-18/h1-7,9-13,19H,8,14-16H2. The third-order valence-electron chi connectivity index (χ3n) is 3.91. The van der Waals surface area contributed by atoms with Gasteiger partial charge in [0.2, 0.25) is 0 Å². The SMILES string of the molecule is C1=CC(N(Cc2ccccc2)Cc2ccccc2)CC1. The Hall–Kier alpha value is -1.86. The van der Waals surface area contributed by atoms with Crippen LogP contribution < -0.4 is 0 Å². The van der Waals surface area contributed by atoms with Gasteiger partial charge in [-0.2, -0.15) is 0 Å². The van der Waals surface area contributed by atoms with Crippen LogP contribution in [0.3, 0.4) is 0 Å². The van der Waals surface area contributed by atoms with Gasteiger partial charge < -0.3 is 0 Å². The van der Waals surface area contributed by atoms with Gasteiger partial charge in [0.05, 0.1) is 0 Å². The van der Waals surface area contributed by atoms with Gasteiger partial charge in [-0.15, -0.1) is 0 Å². The molecule has 1 aliphatic carbocycles. The van der Waals surface area contributed by atoms with Crippen LogP contribution in [0.15, 0.2) is 72.8 Å². The lowest BCUT2D eigenvalue weighted by Gasteiger charge is -2.28. The summed E-state index contributed by atoms with van der Waals surface area (Å²) < 4.78 is 0. The van der Waals surface area contributed by atoms with E-state index in [9.17, 15) is 0 Å². The molecule has 20 heavy (non-hydrogen) atoms. The summed E-state index contributed by atoms with van der Waals surface area (Å²) in [7, 11) is 0. The molecule has 0 saturated carbocycles. The lowest BCUT2D eigenvalue weighted by atomic mass is 10.1. The van der Waals surface area contributed by atoms with E-state index in [0.29, 0.717) is 6.04 Å². The van der Waals surface area contributed by atoms with Crippen molar-refractivity contribution in [2.45, 2.75) is 32.0 Å². The fourth-order valence-electron chi connectivity index (χ4n) is 2.85. The third-order valence-corrected chi connectivity index (χ3v) is 3.91. The summed E-state index contributed by atoms with van der Waals surface area (Å²) in [4.78, 5) is 2.58. The second-order valence-corrected chi connectivity index (χ2v) is 5.45. The maximum absolute atomic E-state index is 2.58. The Bertz CT molecular complexity index is 503. The Kier molecular flexibility index (Phi) is 4.29. The molecule has 0 bridgehead atoms. The molecule has 0 aliphatic heterocycles. The summed E-state index contributed by atoms with van der Waals surface area (Å²) in [5, 5.41) is 0. The molecule has 0 fully saturated rings. The van der Waals surface area contributed by atoms with Crippen LogP contribution in [0.25, 0.3) is 0 Å². The number of rotatable bonds is 5. The second-order valence-electron chi connectivity index (χ2n) is 5.45. The van der Waals surface area contributed by atoms with Crippen LogP contribution in [0.1, 0.15) is 24.0 Å². The third kappa shape index (κ3) is 3.37. The Morgan fingerprint density at radius 3 is 1.80 bits per heavy atom. The van der Waals surface area contributed by atoms with E-state index in [1.165, 1.54) is 24.0 Å². The van der Waals surface area contributed by atoms with Crippen molar-refractivity contribution >= 4 is 0 Å². The van der Waals surface area contributed by atoms with E-state index in [2.05, 4.69) is 77.7 Å². The predicted molar refractivity (Wildman–Crippen MR) is 84.3 cm³/mol. The molecule has 1 atom stereocenters. The van der Waals surface area contributed by atoms with E-state index in [1.54, 1.807) is 0 Å². The van der Waals surface area contributed by atoms with Crippen molar-refractivity contribution in [3.05, 3.63) is 83.9 Å². The maximum Gasteiger partial charge on any atom is 0.0288 e. The number of hydrogen-bond acceptors (Lipinski definition) is 1. The zero-order chi connectivity index (χ0) is 13.6. The van der Waals surface area contributed by atoms with Gasteiger partial charge in [0.1, 0.15) is 0 Å². The highest BCUT2D eigenvalue weighted by Crippen LogP contribution is 2.21. The van der Waals surface area contributed by atoms with Gasteiger partial charge in [-0.25, -0.2) is 0 Å². The van der Waals surface area contributed by atoms with Crippen LogP contribution >= 0.6 is 0 Å².